The summed E-state index contributed by atoms with van der Waals surface area (Å²) in [6.07, 6.45) is 0.889. The topological polar surface area (TPSA) is 38.9 Å². The van der Waals surface area contributed by atoms with Crippen LogP contribution >= 0.6 is 38.9 Å². The third-order valence-electron chi connectivity index (χ3n) is 2.18. The van der Waals surface area contributed by atoms with Gasteiger partial charge in [-0.2, -0.15) is 0 Å². The predicted molar refractivity (Wildman–Crippen MR) is 74.1 cm³/mol. The molecule has 0 aliphatic heterocycles. The van der Waals surface area contributed by atoms with Gasteiger partial charge in [-0.3, -0.25) is 0 Å². The van der Waals surface area contributed by atoms with Crippen LogP contribution in [0.1, 0.15) is 11.9 Å². The fraction of sp³-hybridized carbons (Fsp3) is 0.182. The van der Waals surface area contributed by atoms with Crippen molar-refractivity contribution in [2.24, 2.45) is 0 Å². The smallest absolute Gasteiger partial charge is 0.114 e. The third-order valence-corrected chi connectivity index (χ3v) is 4.04. The first-order chi connectivity index (χ1) is 7.61. The van der Waals surface area contributed by atoms with Gasteiger partial charge in [0.05, 0.1) is 10.0 Å². The molecule has 2 N–H and O–H groups in total. The first-order valence-electron chi connectivity index (χ1n) is 4.82. The lowest BCUT2D eigenvalue weighted by Gasteiger charge is -2.02. The normalized spacial score (nSPS) is 10.7. The van der Waals surface area contributed by atoms with E-state index < -0.39 is 0 Å². The van der Waals surface area contributed by atoms with Gasteiger partial charge in [-0.05, 0) is 24.6 Å². The average Bonchev–Trinajstić information content (AvgIpc) is 2.63. The van der Waals surface area contributed by atoms with Crippen LogP contribution < -0.4 is 5.73 Å². The van der Waals surface area contributed by atoms with Crippen LogP contribution in [0, 0.1) is 0 Å². The van der Waals surface area contributed by atoms with E-state index in [1.165, 1.54) is 11.3 Å². The summed E-state index contributed by atoms with van der Waals surface area (Å²) in [7, 11) is 0. The number of hydrogen-bond donors (Lipinski definition) is 1. The minimum atomic E-state index is 0.669. The third kappa shape index (κ3) is 2.24. The number of halogens is 2. The van der Waals surface area contributed by atoms with Gasteiger partial charge in [0.15, 0.2) is 0 Å². The van der Waals surface area contributed by atoms with Crippen molar-refractivity contribution in [3.63, 3.8) is 0 Å². The molecule has 1 aromatic carbocycles. The lowest BCUT2D eigenvalue weighted by molar-refractivity contribution is 1.10. The molecule has 0 bridgehead atoms. The van der Waals surface area contributed by atoms with Gasteiger partial charge in [-0.25, -0.2) is 4.98 Å². The second-order valence-corrected chi connectivity index (χ2v) is 5.74. The Kier molecular flexibility index (Phi) is 3.52. The standard InChI is InChI=1S/C11H10BrClN2S/c1-2-9-15-10(11(14)16-9)7-5-6(12)3-4-8(7)13/h3-5H,2,14H2,1H3. The van der Waals surface area contributed by atoms with Crippen LogP contribution in [-0.2, 0) is 6.42 Å². The monoisotopic (exact) mass is 316 g/mol. The van der Waals surface area contributed by atoms with E-state index in [0.717, 1.165) is 32.2 Å². The van der Waals surface area contributed by atoms with Gasteiger partial charge in [0.1, 0.15) is 10.7 Å². The van der Waals surface area contributed by atoms with Gasteiger partial charge in [0, 0.05) is 10.0 Å². The van der Waals surface area contributed by atoms with Crippen molar-refractivity contribution < 1.29 is 0 Å². The maximum absolute atomic E-state index is 6.14. The van der Waals surface area contributed by atoms with Crippen LogP contribution in [0.3, 0.4) is 0 Å². The van der Waals surface area contributed by atoms with E-state index >= 15 is 0 Å². The molecule has 2 rings (SSSR count). The van der Waals surface area contributed by atoms with E-state index in [9.17, 15) is 0 Å². The van der Waals surface area contributed by atoms with Crippen molar-refractivity contribution in [2.45, 2.75) is 13.3 Å². The van der Waals surface area contributed by atoms with Crippen LogP contribution in [0.15, 0.2) is 22.7 Å². The zero-order chi connectivity index (χ0) is 11.7. The number of nitrogens with zero attached hydrogens (tertiary/aromatic N) is 1. The highest BCUT2D eigenvalue weighted by Crippen LogP contribution is 2.36. The Bertz CT molecular complexity index is 525. The first kappa shape index (κ1) is 11.9. The number of thiazole rings is 1. The summed E-state index contributed by atoms with van der Waals surface area (Å²) in [5.41, 5.74) is 7.61. The molecule has 0 atom stereocenters. The molecule has 0 aliphatic carbocycles. The second-order valence-electron chi connectivity index (χ2n) is 3.30. The van der Waals surface area contributed by atoms with Crippen molar-refractivity contribution in [1.82, 2.24) is 4.98 Å². The SMILES string of the molecule is CCc1nc(-c2cc(Br)ccc2Cl)c(N)s1. The summed E-state index contributed by atoms with van der Waals surface area (Å²) in [5, 5.41) is 2.42. The van der Waals surface area contributed by atoms with Crippen molar-refractivity contribution in [3.05, 3.63) is 32.7 Å². The molecule has 0 saturated heterocycles. The fourth-order valence-corrected chi connectivity index (χ4v) is 2.76. The van der Waals surface area contributed by atoms with E-state index in [1.54, 1.807) is 0 Å². The number of anilines is 1. The molecular formula is C11H10BrClN2S. The largest absolute Gasteiger partial charge is 0.389 e. The molecule has 0 amide bonds. The molecule has 1 aromatic heterocycles. The first-order valence-corrected chi connectivity index (χ1v) is 6.81. The van der Waals surface area contributed by atoms with Gasteiger partial charge in [0.25, 0.3) is 0 Å². The molecule has 0 radical (unpaired) electrons. The molecule has 2 aromatic rings. The van der Waals surface area contributed by atoms with Crippen molar-refractivity contribution in [3.8, 4) is 11.3 Å². The zero-order valence-electron chi connectivity index (χ0n) is 8.63. The van der Waals surface area contributed by atoms with E-state index in [4.69, 9.17) is 17.3 Å². The number of hydrogen-bond acceptors (Lipinski definition) is 3. The molecule has 0 spiro atoms. The molecule has 0 fully saturated rings. The van der Waals surface area contributed by atoms with Crippen LogP contribution in [0.2, 0.25) is 5.02 Å². The summed E-state index contributed by atoms with van der Waals surface area (Å²) in [4.78, 5) is 4.49. The molecule has 16 heavy (non-hydrogen) atoms. The van der Waals surface area contributed by atoms with Crippen LogP contribution in [0.4, 0.5) is 5.00 Å². The highest BCUT2D eigenvalue weighted by molar-refractivity contribution is 9.10. The second kappa shape index (κ2) is 4.73. The van der Waals surface area contributed by atoms with Gasteiger partial charge in [-0.15, -0.1) is 11.3 Å². The number of nitrogens with two attached hydrogens (primary N) is 1. The zero-order valence-corrected chi connectivity index (χ0v) is 11.8. The molecule has 1 heterocycles. The summed E-state index contributed by atoms with van der Waals surface area (Å²) >= 11 is 11.1. The number of benzene rings is 1. The Balaban J connectivity index is 2.57. The highest BCUT2D eigenvalue weighted by Gasteiger charge is 2.13. The molecule has 0 unspecified atom stereocenters. The van der Waals surface area contributed by atoms with Gasteiger partial charge in [0.2, 0.25) is 0 Å². The van der Waals surface area contributed by atoms with E-state index in [1.807, 2.05) is 18.2 Å². The highest BCUT2D eigenvalue weighted by atomic mass is 79.9. The molecule has 5 heteroatoms. The maximum Gasteiger partial charge on any atom is 0.114 e. The Morgan fingerprint density at radius 2 is 2.25 bits per heavy atom. The van der Waals surface area contributed by atoms with Crippen LogP contribution in [0.5, 0.6) is 0 Å². The number of rotatable bonds is 2. The van der Waals surface area contributed by atoms with Crippen molar-refractivity contribution in [2.75, 3.05) is 5.73 Å². The van der Waals surface area contributed by atoms with Crippen LogP contribution in [0.25, 0.3) is 11.3 Å². The summed E-state index contributed by atoms with van der Waals surface area (Å²) < 4.78 is 0.970. The van der Waals surface area contributed by atoms with Gasteiger partial charge in [-0.1, -0.05) is 34.5 Å². The Morgan fingerprint density at radius 1 is 1.50 bits per heavy atom. The molecule has 0 saturated carbocycles. The van der Waals surface area contributed by atoms with Crippen LogP contribution in [-0.4, -0.2) is 4.98 Å². The Labute approximate surface area is 112 Å². The van der Waals surface area contributed by atoms with E-state index in [2.05, 4.69) is 27.8 Å². The summed E-state index contributed by atoms with van der Waals surface area (Å²) in [6, 6.07) is 5.67. The van der Waals surface area contributed by atoms with E-state index in [0.29, 0.717) is 5.02 Å². The molecule has 2 nitrogen and oxygen atoms in total. The van der Waals surface area contributed by atoms with Gasteiger partial charge < -0.3 is 5.73 Å². The average molecular weight is 318 g/mol. The fourth-order valence-electron chi connectivity index (χ4n) is 1.40. The molecular weight excluding hydrogens is 308 g/mol. The minimum absolute atomic E-state index is 0.669. The number of nitrogen functional groups attached to an aromatic ring is 1. The predicted octanol–water partition coefficient (Wildman–Crippen LogP) is 4.37. The summed E-state index contributed by atoms with van der Waals surface area (Å²) in [5.74, 6) is 0. The minimum Gasteiger partial charge on any atom is -0.389 e. The Hall–Kier alpha value is -0.580. The van der Waals surface area contributed by atoms with Crippen molar-refractivity contribution >= 4 is 43.9 Å². The maximum atomic E-state index is 6.14. The Morgan fingerprint density at radius 3 is 2.88 bits per heavy atom. The number of aryl methyl sites for hydroxylation is 1. The van der Waals surface area contributed by atoms with Crippen molar-refractivity contribution in [1.29, 1.82) is 0 Å². The van der Waals surface area contributed by atoms with E-state index in [-0.39, 0.29) is 0 Å². The number of aromatic nitrogens is 1. The lowest BCUT2D eigenvalue weighted by Crippen LogP contribution is -1.87. The quantitative estimate of drug-likeness (QED) is 0.893. The molecule has 0 aliphatic rings. The summed E-state index contributed by atoms with van der Waals surface area (Å²) in [6.45, 7) is 2.06. The lowest BCUT2D eigenvalue weighted by atomic mass is 10.1. The van der Waals surface area contributed by atoms with Gasteiger partial charge >= 0.3 is 0 Å². The molecule has 84 valence electrons.